The molecule has 0 bridgehead atoms. The molecule has 27 heavy (non-hydrogen) atoms. The predicted molar refractivity (Wildman–Crippen MR) is 100 cm³/mol. The van der Waals surface area contributed by atoms with Gasteiger partial charge in [0.25, 0.3) is 5.91 Å². The largest absolute Gasteiger partial charge is 0.481 e. The van der Waals surface area contributed by atoms with E-state index in [9.17, 15) is 14.4 Å². The van der Waals surface area contributed by atoms with Gasteiger partial charge in [0.1, 0.15) is 11.8 Å². The molecule has 1 aromatic rings. The molecule has 1 heterocycles. The highest BCUT2D eigenvalue weighted by Gasteiger charge is 2.37. The van der Waals surface area contributed by atoms with Crippen molar-refractivity contribution in [2.45, 2.75) is 52.2 Å². The minimum absolute atomic E-state index is 0.165. The van der Waals surface area contributed by atoms with E-state index in [-0.39, 0.29) is 24.8 Å². The van der Waals surface area contributed by atoms with E-state index in [2.05, 4.69) is 19.2 Å². The maximum Gasteiger partial charge on any atom is 0.308 e. The highest BCUT2D eigenvalue weighted by molar-refractivity contribution is 5.93. The lowest BCUT2D eigenvalue weighted by Gasteiger charge is -2.36. The molecule has 7 nitrogen and oxygen atoms in total. The molecule has 1 fully saturated rings. The number of amides is 2. The van der Waals surface area contributed by atoms with Crippen molar-refractivity contribution in [1.82, 2.24) is 10.2 Å². The zero-order valence-corrected chi connectivity index (χ0v) is 16.4. The predicted octanol–water partition coefficient (Wildman–Crippen LogP) is 1.86. The number of carbonyl (C=O) groups excluding carboxylic acids is 3. The molecule has 0 aromatic heterocycles. The Morgan fingerprint density at radius 1 is 1.22 bits per heavy atom. The van der Waals surface area contributed by atoms with E-state index >= 15 is 0 Å². The van der Waals surface area contributed by atoms with Gasteiger partial charge >= 0.3 is 5.97 Å². The van der Waals surface area contributed by atoms with Gasteiger partial charge in [0.05, 0.1) is 13.0 Å². The Bertz CT molecular complexity index is 671. The Hall–Kier alpha value is -2.57. The number of hydrogen-bond donors (Lipinski definition) is 1. The van der Waals surface area contributed by atoms with Crippen molar-refractivity contribution in [3.8, 4) is 5.75 Å². The summed E-state index contributed by atoms with van der Waals surface area (Å²) in [6, 6.07) is 6.72. The van der Waals surface area contributed by atoms with Gasteiger partial charge in [0.15, 0.2) is 6.10 Å². The number of hydrogen-bond acceptors (Lipinski definition) is 5. The lowest BCUT2D eigenvalue weighted by Crippen LogP contribution is -2.60. The van der Waals surface area contributed by atoms with E-state index in [1.807, 2.05) is 24.3 Å². The van der Waals surface area contributed by atoms with Gasteiger partial charge in [-0.2, -0.15) is 0 Å². The topological polar surface area (TPSA) is 84.9 Å². The van der Waals surface area contributed by atoms with Crippen LogP contribution in [-0.4, -0.2) is 54.5 Å². The van der Waals surface area contributed by atoms with Crippen LogP contribution in [0, 0.1) is 0 Å². The molecule has 1 aliphatic rings. The van der Waals surface area contributed by atoms with Crippen LogP contribution in [-0.2, 0) is 19.1 Å². The van der Waals surface area contributed by atoms with E-state index in [0.29, 0.717) is 24.8 Å². The Kier molecular flexibility index (Phi) is 7.21. The van der Waals surface area contributed by atoms with Crippen LogP contribution in [0.1, 0.15) is 45.6 Å². The Morgan fingerprint density at radius 2 is 1.89 bits per heavy atom. The van der Waals surface area contributed by atoms with Crippen LogP contribution in [0.5, 0.6) is 5.75 Å². The number of nitrogens with one attached hydrogen (secondary N) is 1. The summed E-state index contributed by atoms with van der Waals surface area (Å²) in [5.41, 5.74) is 1.18. The highest BCUT2D eigenvalue weighted by atomic mass is 16.5. The molecule has 1 N–H and O–H groups in total. The first-order valence-corrected chi connectivity index (χ1v) is 9.33. The van der Waals surface area contributed by atoms with E-state index in [1.165, 1.54) is 10.5 Å². The maximum absolute atomic E-state index is 12.8. The molecule has 0 unspecified atom stereocenters. The Balaban J connectivity index is 2.05. The van der Waals surface area contributed by atoms with Gasteiger partial charge in [0.2, 0.25) is 5.91 Å². The number of esters is 1. The fourth-order valence-corrected chi connectivity index (χ4v) is 2.98. The molecule has 2 amide bonds. The SMILES string of the molecule is CCOC(=O)C[C@H]1C(=O)NCCN1C(=O)[C@H](C)Oc1ccc(C(C)C)cc1. The normalized spacial score (nSPS) is 18.0. The van der Waals surface area contributed by atoms with Crippen molar-refractivity contribution in [1.29, 1.82) is 0 Å². The summed E-state index contributed by atoms with van der Waals surface area (Å²) in [5, 5.41) is 2.69. The van der Waals surface area contributed by atoms with E-state index in [4.69, 9.17) is 9.47 Å². The lowest BCUT2D eigenvalue weighted by atomic mass is 10.0. The first kappa shape index (κ1) is 20.7. The van der Waals surface area contributed by atoms with Gasteiger partial charge in [-0.25, -0.2) is 0 Å². The van der Waals surface area contributed by atoms with Crippen LogP contribution in [0.25, 0.3) is 0 Å². The summed E-state index contributed by atoms with van der Waals surface area (Å²) >= 11 is 0. The number of benzene rings is 1. The quantitative estimate of drug-likeness (QED) is 0.734. The summed E-state index contributed by atoms with van der Waals surface area (Å²) in [6.45, 7) is 8.45. The van der Waals surface area contributed by atoms with Crippen molar-refractivity contribution in [2.75, 3.05) is 19.7 Å². The molecule has 1 saturated heterocycles. The van der Waals surface area contributed by atoms with Gasteiger partial charge in [-0.15, -0.1) is 0 Å². The summed E-state index contributed by atoms with van der Waals surface area (Å²) in [4.78, 5) is 38.2. The molecule has 0 aliphatic carbocycles. The van der Waals surface area contributed by atoms with E-state index in [0.717, 1.165) is 0 Å². The fraction of sp³-hybridized carbons (Fsp3) is 0.550. The Morgan fingerprint density at radius 3 is 2.48 bits per heavy atom. The first-order valence-electron chi connectivity index (χ1n) is 9.33. The second-order valence-electron chi connectivity index (χ2n) is 6.83. The smallest absolute Gasteiger partial charge is 0.308 e. The van der Waals surface area contributed by atoms with Crippen LogP contribution in [0.3, 0.4) is 0 Å². The fourth-order valence-electron chi connectivity index (χ4n) is 2.98. The van der Waals surface area contributed by atoms with Gasteiger partial charge < -0.3 is 19.7 Å². The average Bonchev–Trinajstić information content (AvgIpc) is 2.63. The van der Waals surface area contributed by atoms with Crippen LogP contribution in [0.15, 0.2) is 24.3 Å². The summed E-state index contributed by atoms with van der Waals surface area (Å²) in [5.74, 6) is -0.185. The van der Waals surface area contributed by atoms with Crippen molar-refractivity contribution >= 4 is 17.8 Å². The van der Waals surface area contributed by atoms with Crippen LogP contribution >= 0.6 is 0 Å². The van der Waals surface area contributed by atoms with Crippen LogP contribution in [0.2, 0.25) is 0 Å². The van der Waals surface area contributed by atoms with Crippen molar-refractivity contribution in [3.05, 3.63) is 29.8 Å². The standard InChI is InChI=1S/C20H28N2O5/c1-5-26-18(23)12-17-19(24)21-10-11-22(17)20(25)14(4)27-16-8-6-15(7-9-16)13(2)3/h6-9,13-14,17H,5,10-12H2,1-4H3,(H,21,24)/t14-,17-/m0/s1. The van der Waals surface area contributed by atoms with E-state index in [1.54, 1.807) is 13.8 Å². The average molecular weight is 376 g/mol. The van der Waals surface area contributed by atoms with Crippen LogP contribution < -0.4 is 10.1 Å². The molecule has 7 heteroatoms. The van der Waals surface area contributed by atoms with Crippen molar-refractivity contribution < 1.29 is 23.9 Å². The zero-order chi connectivity index (χ0) is 20.0. The molecule has 0 radical (unpaired) electrons. The monoisotopic (exact) mass is 376 g/mol. The molecular formula is C20H28N2O5. The minimum Gasteiger partial charge on any atom is -0.481 e. The number of rotatable bonds is 7. The van der Waals surface area contributed by atoms with Crippen LogP contribution in [0.4, 0.5) is 0 Å². The maximum atomic E-state index is 12.8. The third-order valence-electron chi connectivity index (χ3n) is 4.49. The first-order chi connectivity index (χ1) is 12.8. The van der Waals surface area contributed by atoms with Gasteiger partial charge in [-0.1, -0.05) is 26.0 Å². The zero-order valence-electron chi connectivity index (χ0n) is 16.4. The summed E-state index contributed by atoms with van der Waals surface area (Å²) in [6.07, 6.45) is -0.938. The highest BCUT2D eigenvalue weighted by Crippen LogP contribution is 2.20. The second kappa shape index (κ2) is 9.39. The molecular weight excluding hydrogens is 348 g/mol. The molecule has 1 aromatic carbocycles. The minimum atomic E-state index is -0.875. The molecule has 2 rings (SSSR count). The Labute approximate surface area is 160 Å². The number of ether oxygens (including phenoxy) is 2. The molecule has 1 aliphatic heterocycles. The third kappa shape index (κ3) is 5.45. The number of carbonyl (C=O) groups is 3. The molecule has 0 spiro atoms. The number of nitrogens with zero attached hydrogens (tertiary/aromatic N) is 1. The molecule has 148 valence electrons. The molecule has 2 atom stereocenters. The third-order valence-corrected chi connectivity index (χ3v) is 4.49. The summed E-state index contributed by atoms with van der Waals surface area (Å²) in [7, 11) is 0. The number of piperazine rings is 1. The van der Waals surface area contributed by atoms with Gasteiger partial charge in [0, 0.05) is 13.1 Å². The molecule has 0 saturated carbocycles. The lowest BCUT2D eigenvalue weighted by molar-refractivity contribution is -0.153. The van der Waals surface area contributed by atoms with Gasteiger partial charge in [-0.3, -0.25) is 14.4 Å². The van der Waals surface area contributed by atoms with Crippen molar-refractivity contribution in [3.63, 3.8) is 0 Å². The van der Waals surface area contributed by atoms with Crippen molar-refractivity contribution in [2.24, 2.45) is 0 Å². The van der Waals surface area contributed by atoms with Gasteiger partial charge in [-0.05, 0) is 37.5 Å². The van der Waals surface area contributed by atoms with E-state index < -0.39 is 18.1 Å². The summed E-state index contributed by atoms with van der Waals surface area (Å²) < 4.78 is 10.7. The second-order valence-corrected chi connectivity index (χ2v) is 6.83.